The lowest BCUT2D eigenvalue weighted by molar-refractivity contribution is -0.138. The molecule has 1 aliphatic heterocycles. The highest BCUT2D eigenvalue weighted by atomic mass is 16.2. The number of nitrogens with zero attached hydrogens (tertiary/aromatic N) is 2. The molecule has 1 aromatic rings. The van der Waals surface area contributed by atoms with E-state index in [0.29, 0.717) is 24.6 Å². The molecule has 0 saturated carbocycles. The van der Waals surface area contributed by atoms with E-state index in [9.17, 15) is 14.4 Å². The summed E-state index contributed by atoms with van der Waals surface area (Å²) in [6.07, 6.45) is 0. The molecule has 146 valence electrons. The summed E-state index contributed by atoms with van der Waals surface area (Å²) >= 11 is 0. The fourth-order valence-electron chi connectivity index (χ4n) is 3.17. The third-order valence-corrected chi connectivity index (χ3v) is 4.92. The van der Waals surface area contributed by atoms with E-state index in [-0.39, 0.29) is 12.5 Å². The van der Waals surface area contributed by atoms with Crippen LogP contribution in [-0.4, -0.2) is 47.3 Å². The molecule has 1 aliphatic rings. The summed E-state index contributed by atoms with van der Waals surface area (Å²) in [4.78, 5) is 40.5. The molecule has 0 radical (unpaired) electrons. The molecule has 0 unspecified atom stereocenters. The topological polar surface area (TPSA) is 69.7 Å². The number of benzene rings is 1. The first kappa shape index (κ1) is 20.7. The van der Waals surface area contributed by atoms with E-state index in [1.807, 2.05) is 38.1 Å². The molecule has 27 heavy (non-hydrogen) atoms. The van der Waals surface area contributed by atoms with Crippen LogP contribution in [0.1, 0.15) is 51.7 Å². The number of hydrogen-bond acceptors (Lipinski definition) is 3. The minimum atomic E-state index is -1.17. The van der Waals surface area contributed by atoms with Crippen LogP contribution in [-0.2, 0) is 15.1 Å². The van der Waals surface area contributed by atoms with E-state index in [2.05, 4.69) is 25.7 Å². The predicted molar refractivity (Wildman–Crippen MR) is 105 cm³/mol. The van der Waals surface area contributed by atoms with Gasteiger partial charge in [0.15, 0.2) is 0 Å². The normalized spacial score (nSPS) is 19.4. The summed E-state index contributed by atoms with van der Waals surface area (Å²) in [7, 11) is 0. The van der Waals surface area contributed by atoms with Crippen LogP contribution in [0.2, 0.25) is 0 Å². The zero-order valence-electron chi connectivity index (χ0n) is 16.8. The Morgan fingerprint density at radius 2 is 1.85 bits per heavy atom. The van der Waals surface area contributed by atoms with E-state index in [4.69, 9.17) is 0 Å². The fraction of sp³-hybridized carbons (Fsp3) is 0.476. The van der Waals surface area contributed by atoms with Crippen molar-refractivity contribution in [3.63, 3.8) is 0 Å². The molecular formula is C21H29N3O3. The van der Waals surface area contributed by atoms with E-state index in [0.717, 1.165) is 16.0 Å². The van der Waals surface area contributed by atoms with Gasteiger partial charge in [-0.1, -0.05) is 50.3 Å². The number of imide groups is 1. The first-order valence-electron chi connectivity index (χ1n) is 9.26. The van der Waals surface area contributed by atoms with Crippen LogP contribution in [0.3, 0.4) is 0 Å². The first-order chi connectivity index (χ1) is 12.6. The number of carbonyl (C=O) groups is 3. The standard InChI is InChI=1S/C21H29N3O3/c1-7-23(12-14(2)3)18(25)13-24-19(26)21(6,22-20(24)27)17-10-8-16(9-11-17)15(4)5/h8-11,15H,2,7,12-13H2,1,3-6H3,(H,22,27)/t21-/m1/s1. The molecule has 1 heterocycles. The third-order valence-electron chi connectivity index (χ3n) is 4.92. The molecule has 2 rings (SSSR count). The average Bonchev–Trinajstić information content (AvgIpc) is 2.83. The number of carbonyl (C=O) groups excluding carboxylic acids is 3. The van der Waals surface area contributed by atoms with Gasteiger partial charge in [0, 0.05) is 13.1 Å². The second kappa shape index (κ2) is 7.94. The molecule has 0 aromatic heterocycles. The van der Waals surface area contributed by atoms with Gasteiger partial charge in [-0.05, 0) is 37.8 Å². The molecular weight excluding hydrogens is 342 g/mol. The molecule has 1 aromatic carbocycles. The number of nitrogens with one attached hydrogen (secondary N) is 1. The highest BCUT2D eigenvalue weighted by Gasteiger charge is 2.49. The van der Waals surface area contributed by atoms with Crippen molar-refractivity contribution in [1.29, 1.82) is 0 Å². The minimum Gasteiger partial charge on any atom is -0.337 e. The van der Waals surface area contributed by atoms with Crippen molar-refractivity contribution in [2.75, 3.05) is 19.6 Å². The maximum absolute atomic E-state index is 13.0. The van der Waals surface area contributed by atoms with Crippen molar-refractivity contribution in [1.82, 2.24) is 15.1 Å². The molecule has 6 nitrogen and oxygen atoms in total. The SMILES string of the molecule is C=C(C)CN(CC)C(=O)CN1C(=O)N[C@](C)(c2ccc(C(C)C)cc2)C1=O. The molecule has 0 bridgehead atoms. The number of urea groups is 1. The molecule has 1 atom stereocenters. The van der Waals surface area contributed by atoms with Crippen molar-refractivity contribution in [3.8, 4) is 0 Å². The molecule has 1 N–H and O–H groups in total. The molecule has 1 fully saturated rings. The Bertz CT molecular complexity index is 754. The Labute approximate surface area is 161 Å². The van der Waals surface area contributed by atoms with Gasteiger partial charge in [-0.2, -0.15) is 0 Å². The van der Waals surface area contributed by atoms with Crippen molar-refractivity contribution in [3.05, 3.63) is 47.5 Å². The Morgan fingerprint density at radius 1 is 1.26 bits per heavy atom. The summed E-state index contributed by atoms with van der Waals surface area (Å²) in [6.45, 7) is 14.0. The third kappa shape index (κ3) is 4.21. The fourth-order valence-corrected chi connectivity index (χ4v) is 3.17. The van der Waals surface area contributed by atoms with Gasteiger partial charge in [0.1, 0.15) is 12.1 Å². The van der Waals surface area contributed by atoms with Crippen LogP contribution in [0.25, 0.3) is 0 Å². The second-order valence-corrected chi connectivity index (χ2v) is 7.59. The molecule has 6 heteroatoms. The zero-order chi connectivity index (χ0) is 20.4. The summed E-state index contributed by atoms with van der Waals surface area (Å²) in [5, 5.41) is 2.75. The summed E-state index contributed by atoms with van der Waals surface area (Å²) in [5.74, 6) is -0.309. The largest absolute Gasteiger partial charge is 0.337 e. The van der Waals surface area contributed by atoms with Crippen molar-refractivity contribution in [2.45, 2.75) is 46.1 Å². The van der Waals surface area contributed by atoms with Gasteiger partial charge in [-0.25, -0.2) is 4.79 Å². The van der Waals surface area contributed by atoms with Gasteiger partial charge in [0.2, 0.25) is 5.91 Å². The van der Waals surface area contributed by atoms with Gasteiger partial charge in [0.25, 0.3) is 5.91 Å². The lowest BCUT2D eigenvalue weighted by Gasteiger charge is -2.25. The average molecular weight is 371 g/mol. The summed E-state index contributed by atoms with van der Waals surface area (Å²) in [6, 6.07) is 7.10. The van der Waals surface area contributed by atoms with Crippen molar-refractivity contribution in [2.24, 2.45) is 0 Å². The van der Waals surface area contributed by atoms with Gasteiger partial charge in [0.05, 0.1) is 0 Å². The zero-order valence-corrected chi connectivity index (χ0v) is 16.8. The number of likely N-dealkylation sites (N-methyl/N-ethyl adjacent to an activating group) is 1. The quantitative estimate of drug-likeness (QED) is 0.592. The Hall–Kier alpha value is -2.63. The van der Waals surface area contributed by atoms with Crippen LogP contribution in [0, 0.1) is 0 Å². The maximum Gasteiger partial charge on any atom is 0.325 e. The predicted octanol–water partition coefficient (Wildman–Crippen LogP) is 3.00. The van der Waals surface area contributed by atoms with E-state index < -0.39 is 17.5 Å². The lowest BCUT2D eigenvalue weighted by atomic mass is 9.90. The Morgan fingerprint density at radius 3 is 2.33 bits per heavy atom. The van der Waals surface area contributed by atoms with Crippen molar-refractivity contribution >= 4 is 17.8 Å². The van der Waals surface area contributed by atoms with Crippen LogP contribution < -0.4 is 5.32 Å². The van der Waals surface area contributed by atoms with E-state index in [1.54, 1.807) is 11.8 Å². The highest BCUT2D eigenvalue weighted by Crippen LogP contribution is 2.30. The van der Waals surface area contributed by atoms with Crippen LogP contribution in [0.5, 0.6) is 0 Å². The Balaban J connectivity index is 2.20. The lowest BCUT2D eigenvalue weighted by Crippen LogP contribution is -2.44. The highest BCUT2D eigenvalue weighted by molar-refractivity contribution is 6.09. The van der Waals surface area contributed by atoms with Gasteiger partial charge in [-0.15, -0.1) is 0 Å². The Kier molecular flexibility index (Phi) is 6.08. The van der Waals surface area contributed by atoms with Crippen LogP contribution >= 0.6 is 0 Å². The second-order valence-electron chi connectivity index (χ2n) is 7.59. The number of amides is 4. The van der Waals surface area contributed by atoms with Crippen LogP contribution in [0.15, 0.2) is 36.4 Å². The summed E-state index contributed by atoms with van der Waals surface area (Å²) in [5.41, 5.74) is 1.54. The molecule has 0 aliphatic carbocycles. The minimum absolute atomic E-state index is 0.272. The number of hydrogen-bond donors (Lipinski definition) is 1. The smallest absolute Gasteiger partial charge is 0.325 e. The van der Waals surface area contributed by atoms with E-state index in [1.165, 1.54) is 0 Å². The van der Waals surface area contributed by atoms with Gasteiger partial charge in [-0.3, -0.25) is 14.5 Å². The van der Waals surface area contributed by atoms with Crippen LogP contribution in [0.4, 0.5) is 4.79 Å². The van der Waals surface area contributed by atoms with E-state index >= 15 is 0 Å². The maximum atomic E-state index is 13.0. The molecule has 0 spiro atoms. The van der Waals surface area contributed by atoms with Crippen molar-refractivity contribution < 1.29 is 14.4 Å². The monoisotopic (exact) mass is 371 g/mol. The molecule has 4 amide bonds. The summed E-state index contributed by atoms with van der Waals surface area (Å²) < 4.78 is 0. The van der Waals surface area contributed by atoms with Gasteiger partial charge >= 0.3 is 6.03 Å². The first-order valence-corrected chi connectivity index (χ1v) is 9.26. The molecule has 1 saturated heterocycles. The van der Waals surface area contributed by atoms with Gasteiger partial charge < -0.3 is 10.2 Å². The number of rotatable bonds is 7.